The summed E-state index contributed by atoms with van der Waals surface area (Å²) in [6, 6.07) is 7.76. The molecule has 0 aliphatic heterocycles. The van der Waals surface area contributed by atoms with Crippen molar-refractivity contribution in [1.82, 2.24) is 4.98 Å². The second-order valence-electron chi connectivity index (χ2n) is 3.06. The van der Waals surface area contributed by atoms with Crippen LogP contribution in [0.5, 0.6) is 0 Å². The van der Waals surface area contributed by atoms with Crippen LogP contribution in [0.4, 0.5) is 0 Å². The Hall–Kier alpha value is -2.01. The van der Waals surface area contributed by atoms with E-state index in [0.29, 0.717) is 12.1 Å². The SMILES string of the molecule is C#CCc1c(C=O)[nH]c2ccccc12. The molecule has 0 aliphatic carbocycles. The Morgan fingerprint density at radius 1 is 1.43 bits per heavy atom. The first-order valence-electron chi connectivity index (χ1n) is 4.35. The van der Waals surface area contributed by atoms with Crippen LogP contribution in [-0.2, 0) is 6.42 Å². The molecule has 0 fully saturated rings. The Kier molecular flexibility index (Phi) is 2.08. The minimum atomic E-state index is 0.484. The fourth-order valence-electron chi connectivity index (χ4n) is 1.61. The zero-order chi connectivity index (χ0) is 9.97. The predicted octanol–water partition coefficient (Wildman–Crippen LogP) is 2.16. The van der Waals surface area contributed by atoms with Gasteiger partial charge in [0, 0.05) is 22.9 Å². The molecule has 1 aromatic heterocycles. The van der Waals surface area contributed by atoms with Crippen molar-refractivity contribution in [2.24, 2.45) is 0 Å². The highest BCUT2D eigenvalue weighted by Crippen LogP contribution is 2.21. The molecular weight excluding hydrogens is 174 g/mol. The quantitative estimate of drug-likeness (QED) is 0.561. The highest BCUT2D eigenvalue weighted by Gasteiger charge is 2.08. The van der Waals surface area contributed by atoms with Crippen LogP contribution >= 0.6 is 0 Å². The van der Waals surface area contributed by atoms with E-state index in [1.807, 2.05) is 24.3 Å². The van der Waals surface area contributed by atoms with E-state index >= 15 is 0 Å². The summed E-state index contributed by atoms with van der Waals surface area (Å²) in [4.78, 5) is 13.8. The van der Waals surface area contributed by atoms with E-state index in [2.05, 4.69) is 10.9 Å². The Balaban J connectivity index is 2.75. The number of aromatic amines is 1. The van der Waals surface area contributed by atoms with Crippen LogP contribution in [0, 0.1) is 12.3 Å². The first-order chi connectivity index (χ1) is 6.86. The van der Waals surface area contributed by atoms with E-state index in [4.69, 9.17) is 6.42 Å². The van der Waals surface area contributed by atoms with Gasteiger partial charge in [-0.3, -0.25) is 4.79 Å². The first-order valence-corrected chi connectivity index (χ1v) is 4.35. The van der Waals surface area contributed by atoms with Crippen molar-refractivity contribution in [2.45, 2.75) is 6.42 Å². The molecule has 0 saturated carbocycles. The van der Waals surface area contributed by atoms with E-state index in [9.17, 15) is 4.79 Å². The summed E-state index contributed by atoms with van der Waals surface area (Å²) in [5.74, 6) is 2.56. The van der Waals surface area contributed by atoms with E-state index in [-0.39, 0.29) is 0 Å². The average Bonchev–Trinajstić information content (AvgIpc) is 2.58. The third-order valence-electron chi connectivity index (χ3n) is 2.24. The summed E-state index contributed by atoms with van der Waals surface area (Å²) in [5, 5.41) is 1.03. The van der Waals surface area contributed by atoms with Gasteiger partial charge in [0.15, 0.2) is 6.29 Å². The molecule has 0 radical (unpaired) electrons. The van der Waals surface area contributed by atoms with Gasteiger partial charge >= 0.3 is 0 Å². The third kappa shape index (κ3) is 1.20. The molecule has 1 aromatic carbocycles. The standard InChI is InChI=1S/C12H9NO/c1-2-5-9-10-6-3-4-7-11(10)13-12(9)8-14/h1,3-4,6-8,13H,5H2. The summed E-state index contributed by atoms with van der Waals surface area (Å²) >= 11 is 0. The normalized spacial score (nSPS) is 9.93. The minimum absolute atomic E-state index is 0.484. The number of rotatable bonds is 2. The van der Waals surface area contributed by atoms with Crippen LogP contribution in [0.25, 0.3) is 10.9 Å². The molecule has 1 heterocycles. The monoisotopic (exact) mass is 183 g/mol. The summed E-state index contributed by atoms with van der Waals surface area (Å²) in [5.41, 5.74) is 2.46. The van der Waals surface area contributed by atoms with Crippen LogP contribution in [0.3, 0.4) is 0 Å². The zero-order valence-corrected chi connectivity index (χ0v) is 7.58. The number of H-pyrrole nitrogens is 1. The number of hydrogen-bond donors (Lipinski definition) is 1. The highest BCUT2D eigenvalue weighted by atomic mass is 16.1. The van der Waals surface area contributed by atoms with Crippen molar-refractivity contribution >= 4 is 17.2 Å². The second kappa shape index (κ2) is 3.39. The summed E-state index contributed by atoms with van der Waals surface area (Å²) in [6.07, 6.45) is 6.55. The Morgan fingerprint density at radius 3 is 2.93 bits per heavy atom. The molecule has 14 heavy (non-hydrogen) atoms. The number of carbonyl (C=O) groups is 1. The average molecular weight is 183 g/mol. The summed E-state index contributed by atoms with van der Waals surface area (Å²) in [7, 11) is 0. The van der Waals surface area contributed by atoms with Crippen LogP contribution in [0.15, 0.2) is 24.3 Å². The number of benzene rings is 1. The number of para-hydroxylation sites is 1. The minimum Gasteiger partial charge on any atom is -0.352 e. The van der Waals surface area contributed by atoms with Crippen molar-refractivity contribution in [2.75, 3.05) is 0 Å². The molecule has 0 bridgehead atoms. The van der Waals surface area contributed by atoms with Crippen molar-refractivity contribution in [1.29, 1.82) is 0 Å². The maximum absolute atomic E-state index is 10.8. The van der Waals surface area contributed by atoms with Gasteiger partial charge in [0.05, 0.1) is 5.69 Å². The van der Waals surface area contributed by atoms with Gasteiger partial charge in [-0.25, -0.2) is 0 Å². The molecule has 0 unspecified atom stereocenters. The van der Waals surface area contributed by atoms with Crippen molar-refractivity contribution in [3.8, 4) is 12.3 Å². The Morgan fingerprint density at radius 2 is 2.21 bits per heavy atom. The number of aromatic nitrogens is 1. The molecule has 0 saturated heterocycles. The molecule has 0 amide bonds. The smallest absolute Gasteiger partial charge is 0.166 e. The molecule has 2 nitrogen and oxygen atoms in total. The van der Waals surface area contributed by atoms with Gasteiger partial charge in [0.1, 0.15) is 0 Å². The topological polar surface area (TPSA) is 32.9 Å². The number of carbonyl (C=O) groups excluding carboxylic acids is 1. The lowest BCUT2D eigenvalue weighted by Gasteiger charge is -1.92. The largest absolute Gasteiger partial charge is 0.352 e. The third-order valence-corrected chi connectivity index (χ3v) is 2.24. The molecule has 0 spiro atoms. The maximum Gasteiger partial charge on any atom is 0.166 e. The first kappa shape index (κ1) is 8.58. The lowest BCUT2D eigenvalue weighted by molar-refractivity contribution is 0.111. The van der Waals surface area contributed by atoms with Crippen LogP contribution in [0.2, 0.25) is 0 Å². The second-order valence-corrected chi connectivity index (χ2v) is 3.06. The van der Waals surface area contributed by atoms with Gasteiger partial charge in [-0.1, -0.05) is 18.2 Å². The van der Waals surface area contributed by atoms with Gasteiger partial charge in [0.25, 0.3) is 0 Å². The molecule has 0 atom stereocenters. The Labute approximate surface area is 81.9 Å². The zero-order valence-electron chi connectivity index (χ0n) is 7.58. The van der Waals surface area contributed by atoms with E-state index < -0.39 is 0 Å². The lowest BCUT2D eigenvalue weighted by Crippen LogP contribution is -1.87. The van der Waals surface area contributed by atoms with E-state index in [0.717, 1.165) is 22.8 Å². The van der Waals surface area contributed by atoms with Crippen LogP contribution in [0.1, 0.15) is 16.1 Å². The van der Waals surface area contributed by atoms with Crippen LogP contribution < -0.4 is 0 Å². The van der Waals surface area contributed by atoms with Crippen LogP contribution in [-0.4, -0.2) is 11.3 Å². The van der Waals surface area contributed by atoms with Gasteiger partial charge in [-0.15, -0.1) is 12.3 Å². The number of aldehydes is 1. The van der Waals surface area contributed by atoms with Crippen molar-refractivity contribution < 1.29 is 4.79 Å². The highest BCUT2D eigenvalue weighted by molar-refractivity contribution is 5.92. The maximum atomic E-state index is 10.8. The molecule has 68 valence electrons. The lowest BCUT2D eigenvalue weighted by atomic mass is 10.1. The molecular formula is C12H9NO. The molecule has 2 rings (SSSR count). The number of terminal acetylenes is 1. The summed E-state index contributed by atoms with van der Waals surface area (Å²) in [6.45, 7) is 0. The Bertz CT molecular complexity index is 517. The van der Waals surface area contributed by atoms with E-state index in [1.54, 1.807) is 0 Å². The van der Waals surface area contributed by atoms with Gasteiger partial charge in [-0.05, 0) is 6.07 Å². The number of hydrogen-bond acceptors (Lipinski definition) is 1. The molecule has 2 aromatic rings. The number of nitrogens with one attached hydrogen (secondary N) is 1. The summed E-state index contributed by atoms with van der Waals surface area (Å²) < 4.78 is 0. The predicted molar refractivity (Wildman–Crippen MR) is 56.2 cm³/mol. The molecule has 2 heteroatoms. The van der Waals surface area contributed by atoms with Gasteiger partial charge in [0.2, 0.25) is 0 Å². The van der Waals surface area contributed by atoms with Gasteiger partial charge < -0.3 is 4.98 Å². The van der Waals surface area contributed by atoms with Gasteiger partial charge in [-0.2, -0.15) is 0 Å². The van der Waals surface area contributed by atoms with E-state index in [1.165, 1.54) is 0 Å². The number of fused-ring (bicyclic) bond motifs is 1. The fraction of sp³-hybridized carbons (Fsp3) is 0.0833. The fourth-order valence-corrected chi connectivity index (χ4v) is 1.61. The molecule has 1 N–H and O–H groups in total. The van der Waals surface area contributed by atoms with Crippen molar-refractivity contribution in [3.63, 3.8) is 0 Å². The van der Waals surface area contributed by atoms with Crippen molar-refractivity contribution in [3.05, 3.63) is 35.5 Å². The molecule has 0 aliphatic rings.